The van der Waals surface area contributed by atoms with Crippen LogP contribution in [0.25, 0.3) is 0 Å². The van der Waals surface area contributed by atoms with Crippen LogP contribution in [0.5, 0.6) is 11.5 Å². The van der Waals surface area contributed by atoms with Crippen molar-refractivity contribution in [2.75, 3.05) is 33.4 Å². The van der Waals surface area contributed by atoms with E-state index in [4.69, 9.17) is 9.47 Å². The van der Waals surface area contributed by atoms with Gasteiger partial charge in [-0.1, -0.05) is 6.07 Å². The highest BCUT2D eigenvalue weighted by atomic mass is 16.6. The summed E-state index contributed by atoms with van der Waals surface area (Å²) in [5, 5.41) is 3.47. The van der Waals surface area contributed by atoms with Crippen molar-refractivity contribution in [3.63, 3.8) is 0 Å². The second-order valence-electron chi connectivity index (χ2n) is 5.39. The molecular weight excluding hydrogens is 240 g/mol. The molecule has 0 bridgehead atoms. The molecule has 4 nitrogen and oxygen atoms in total. The van der Waals surface area contributed by atoms with Crippen LogP contribution in [0.15, 0.2) is 18.2 Å². The molecular formula is C15H22N2O2. The first-order valence-electron chi connectivity index (χ1n) is 7.12. The van der Waals surface area contributed by atoms with Crippen molar-refractivity contribution in [3.8, 4) is 11.5 Å². The van der Waals surface area contributed by atoms with Crippen LogP contribution in [0.1, 0.15) is 18.4 Å². The molecule has 0 saturated carbocycles. The number of fused-ring (bicyclic) bond motifs is 1. The normalized spacial score (nSPS) is 22.5. The maximum atomic E-state index is 5.64. The van der Waals surface area contributed by atoms with E-state index in [-0.39, 0.29) is 0 Å². The Hall–Kier alpha value is -1.26. The Balaban J connectivity index is 1.65. The maximum absolute atomic E-state index is 5.64. The highest BCUT2D eigenvalue weighted by molar-refractivity contribution is 5.43. The average molecular weight is 262 g/mol. The number of likely N-dealkylation sites (N-methyl/N-ethyl adjacent to an activating group) is 1. The molecule has 0 aromatic heterocycles. The SMILES string of the molecule is CN(Cc1ccc2c(c1)OCCO2)C1CCCNC1. The van der Waals surface area contributed by atoms with Crippen LogP contribution < -0.4 is 14.8 Å². The Morgan fingerprint density at radius 1 is 1.26 bits per heavy atom. The van der Waals surface area contributed by atoms with Crippen LogP contribution in [0.4, 0.5) is 0 Å². The van der Waals surface area contributed by atoms with Crippen LogP contribution in [-0.2, 0) is 6.54 Å². The highest BCUT2D eigenvalue weighted by Crippen LogP contribution is 2.31. The number of rotatable bonds is 3. The molecule has 104 valence electrons. The molecule has 2 aliphatic heterocycles. The van der Waals surface area contributed by atoms with E-state index < -0.39 is 0 Å². The number of hydrogen-bond donors (Lipinski definition) is 1. The van der Waals surface area contributed by atoms with E-state index in [0.717, 1.165) is 31.1 Å². The predicted molar refractivity (Wildman–Crippen MR) is 74.8 cm³/mol. The zero-order valence-electron chi connectivity index (χ0n) is 11.5. The fraction of sp³-hybridized carbons (Fsp3) is 0.600. The van der Waals surface area contributed by atoms with Gasteiger partial charge in [0.1, 0.15) is 13.2 Å². The second kappa shape index (κ2) is 5.80. The van der Waals surface area contributed by atoms with Gasteiger partial charge in [0.15, 0.2) is 11.5 Å². The summed E-state index contributed by atoms with van der Waals surface area (Å²) in [6.45, 7) is 4.53. The van der Waals surface area contributed by atoms with Gasteiger partial charge in [-0.3, -0.25) is 4.90 Å². The van der Waals surface area contributed by atoms with Gasteiger partial charge < -0.3 is 14.8 Å². The number of piperidine rings is 1. The fourth-order valence-electron chi connectivity index (χ4n) is 2.81. The van der Waals surface area contributed by atoms with Crippen molar-refractivity contribution in [1.82, 2.24) is 10.2 Å². The van der Waals surface area contributed by atoms with Crippen molar-refractivity contribution in [2.24, 2.45) is 0 Å². The van der Waals surface area contributed by atoms with E-state index >= 15 is 0 Å². The molecule has 2 heterocycles. The summed E-state index contributed by atoms with van der Waals surface area (Å²) in [6, 6.07) is 6.92. The van der Waals surface area contributed by atoms with Gasteiger partial charge in [0.25, 0.3) is 0 Å². The van der Waals surface area contributed by atoms with Crippen molar-refractivity contribution >= 4 is 0 Å². The zero-order valence-corrected chi connectivity index (χ0v) is 11.5. The van der Waals surface area contributed by atoms with Gasteiger partial charge in [-0.2, -0.15) is 0 Å². The predicted octanol–water partition coefficient (Wildman–Crippen LogP) is 1.64. The molecule has 0 spiro atoms. The Labute approximate surface area is 114 Å². The summed E-state index contributed by atoms with van der Waals surface area (Å²) >= 11 is 0. The van der Waals surface area contributed by atoms with Gasteiger partial charge in [-0.25, -0.2) is 0 Å². The van der Waals surface area contributed by atoms with Gasteiger partial charge in [0.05, 0.1) is 0 Å². The lowest BCUT2D eigenvalue weighted by Gasteiger charge is -2.32. The molecule has 0 radical (unpaired) electrons. The standard InChI is InChI=1S/C15H22N2O2/c1-17(13-3-2-6-16-10-13)11-12-4-5-14-15(9-12)19-8-7-18-14/h4-5,9,13,16H,2-3,6-8,10-11H2,1H3. The van der Waals surface area contributed by atoms with Crippen molar-refractivity contribution in [2.45, 2.75) is 25.4 Å². The molecule has 1 aromatic carbocycles. The van der Waals surface area contributed by atoms with E-state index in [2.05, 4.69) is 29.4 Å². The monoisotopic (exact) mass is 262 g/mol. The second-order valence-corrected chi connectivity index (χ2v) is 5.39. The maximum Gasteiger partial charge on any atom is 0.161 e. The van der Waals surface area contributed by atoms with Gasteiger partial charge in [-0.15, -0.1) is 0 Å². The van der Waals surface area contributed by atoms with Gasteiger partial charge in [0.2, 0.25) is 0 Å². The largest absolute Gasteiger partial charge is 0.486 e. The minimum atomic E-state index is 0.641. The van der Waals surface area contributed by atoms with Crippen LogP contribution in [0.2, 0.25) is 0 Å². The zero-order chi connectivity index (χ0) is 13.1. The molecule has 0 amide bonds. The van der Waals surface area contributed by atoms with Crippen LogP contribution in [0, 0.1) is 0 Å². The third-order valence-corrected chi connectivity index (χ3v) is 3.93. The summed E-state index contributed by atoms with van der Waals surface area (Å²) < 4.78 is 11.2. The smallest absolute Gasteiger partial charge is 0.161 e. The Kier molecular flexibility index (Phi) is 3.89. The summed E-state index contributed by atoms with van der Waals surface area (Å²) in [4.78, 5) is 2.43. The molecule has 1 saturated heterocycles. The van der Waals surface area contributed by atoms with E-state index in [1.165, 1.54) is 18.4 Å². The van der Waals surface area contributed by atoms with Crippen molar-refractivity contribution < 1.29 is 9.47 Å². The molecule has 1 N–H and O–H groups in total. The summed E-state index contributed by atoms with van der Waals surface area (Å²) in [5.74, 6) is 1.76. The van der Waals surface area contributed by atoms with Gasteiger partial charge in [0, 0.05) is 19.1 Å². The molecule has 1 aromatic rings. The third kappa shape index (κ3) is 3.01. The number of benzene rings is 1. The molecule has 2 aliphatic rings. The van der Waals surface area contributed by atoms with Crippen molar-refractivity contribution in [3.05, 3.63) is 23.8 Å². The number of nitrogens with one attached hydrogen (secondary N) is 1. The van der Waals surface area contributed by atoms with Crippen LogP contribution in [0.3, 0.4) is 0 Å². The molecule has 3 rings (SSSR count). The quantitative estimate of drug-likeness (QED) is 0.898. The van der Waals surface area contributed by atoms with E-state index in [9.17, 15) is 0 Å². The van der Waals surface area contributed by atoms with Crippen molar-refractivity contribution in [1.29, 1.82) is 0 Å². The van der Waals surface area contributed by atoms with E-state index in [0.29, 0.717) is 19.3 Å². The number of hydrogen-bond acceptors (Lipinski definition) is 4. The Bertz CT molecular complexity index is 430. The first-order chi connectivity index (χ1) is 9.33. The Morgan fingerprint density at radius 2 is 2.11 bits per heavy atom. The summed E-state index contributed by atoms with van der Waals surface area (Å²) in [6.07, 6.45) is 2.56. The minimum Gasteiger partial charge on any atom is -0.486 e. The Morgan fingerprint density at radius 3 is 2.89 bits per heavy atom. The van der Waals surface area contributed by atoms with E-state index in [1.807, 2.05) is 6.07 Å². The number of nitrogens with zero attached hydrogens (tertiary/aromatic N) is 1. The minimum absolute atomic E-state index is 0.641. The third-order valence-electron chi connectivity index (χ3n) is 3.93. The molecule has 19 heavy (non-hydrogen) atoms. The van der Waals surface area contributed by atoms with E-state index in [1.54, 1.807) is 0 Å². The summed E-state index contributed by atoms with van der Waals surface area (Å²) in [7, 11) is 2.20. The lowest BCUT2D eigenvalue weighted by atomic mass is 10.1. The summed E-state index contributed by atoms with van der Waals surface area (Å²) in [5.41, 5.74) is 1.29. The lowest BCUT2D eigenvalue weighted by Crippen LogP contribution is -2.43. The first kappa shape index (κ1) is 12.8. The topological polar surface area (TPSA) is 33.7 Å². The molecule has 1 fully saturated rings. The molecule has 4 heteroatoms. The van der Waals surface area contributed by atoms with Gasteiger partial charge in [-0.05, 0) is 44.1 Å². The first-order valence-corrected chi connectivity index (χ1v) is 7.12. The fourth-order valence-corrected chi connectivity index (χ4v) is 2.81. The lowest BCUT2D eigenvalue weighted by molar-refractivity contribution is 0.170. The molecule has 1 unspecified atom stereocenters. The van der Waals surface area contributed by atoms with Crippen LogP contribution >= 0.6 is 0 Å². The highest BCUT2D eigenvalue weighted by Gasteiger charge is 2.18. The molecule has 0 aliphatic carbocycles. The molecule has 1 atom stereocenters. The number of ether oxygens (including phenoxy) is 2. The van der Waals surface area contributed by atoms with Gasteiger partial charge >= 0.3 is 0 Å². The average Bonchev–Trinajstić information content (AvgIpc) is 2.48. The van der Waals surface area contributed by atoms with Crippen LogP contribution in [-0.4, -0.2) is 44.3 Å².